The molecule has 0 saturated carbocycles. The van der Waals surface area contributed by atoms with E-state index in [-0.39, 0.29) is 28.8 Å². The molecular weight excluding hydrogens is 328 g/mol. The van der Waals surface area contributed by atoms with Crippen molar-refractivity contribution in [1.29, 1.82) is 0 Å². The molecule has 126 valence electrons. The van der Waals surface area contributed by atoms with E-state index in [1.165, 1.54) is 16.7 Å². The highest BCUT2D eigenvalue weighted by atomic mass is 32.2. The Morgan fingerprint density at radius 2 is 2.00 bits per heavy atom. The number of carboxylic acids is 1. The number of fused-ring (bicyclic) bond motifs is 1. The predicted octanol–water partition coefficient (Wildman–Crippen LogP) is 1.55. The molecule has 2 aliphatic heterocycles. The van der Waals surface area contributed by atoms with E-state index in [4.69, 9.17) is 0 Å². The molecule has 2 aliphatic rings. The van der Waals surface area contributed by atoms with Gasteiger partial charge in [0.2, 0.25) is 5.91 Å². The number of amides is 2. The number of hydrogen-bond donors (Lipinski definition) is 2. The van der Waals surface area contributed by atoms with Crippen LogP contribution in [-0.2, 0) is 14.4 Å². The Kier molecular flexibility index (Phi) is 4.36. The van der Waals surface area contributed by atoms with Gasteiger partial charge in [0, 0.05) is 5.75 Å². The Morgan fingerprint density at radius 1 is 1.33 bits per heavy atom. The zero-order valence-corrected chi connectivity index (χ0v) is 14.2. The molecule has 1 aromatic rings. The number of β-lactam (4-membered cyclic amide) rings is 1. The van der Waals surface area contributed by atoms with Crippen LogP contribution < -0.4 is 5.32 Å². The number of hydrogen-bond acceptors (Lipinski definition) is 4. The Bertz CT molecular complexity index is 731. The molecule has 7 heteroatoms. The van der Waals surface area contributed by atoms with Crippen molar-refractivity contribution in [3.05, 3.63) is 47.2 Å². The molecule has 0 radical (unpaired) electrons. The van der Waals surface area contributed by atoms with Gasteiger partial charge < -0.3 is 10.4 Å². The highest BCUT2D eigenvalue weighted by molar-refractivity contribution is 8.00. The second-order valence-corrected chi connectivity index (χ2v) is 7.07. The molecule has 2 N–H and O–H groups in total. The Morgan fingerprint density at radius 3 is 2.62 bits per heavy atom. The lowest BCUT2D eigenvalue weighted by Crippen LogP contribution is -2.70. The molecular formula is C17H18N2O4S. The zero-order valence-electron chi connectivity index (χ0n) is 13.4. The minimum atomic E-state index is -1.10. The quantitative estimate of drug-likeness (QED) is 0.808. The Labute approximate surface area is 143 Å². The zero-order chi connectivity index (χ0) is 17.4. The third-order valence-electron chi connectivity index (χ3n) is 4.35. The fourth-order valence-corrected chi connectivity index (χ4v) is 4.24. The molecule has 0 aromatic heterocycles. The number of rotatable bonds is 4. The van der Waals surface area contributed by atoms with Gasteiger partial charge in [0.05, 0.1) is 5.92 Å². The summed E-state index contributed by atoms with van der Waals surface area (Å²) in [6.07, 6.45) is 0. The number of carboxylic acid groups (broad SMARTS) is 1. The van der Waals surface area contributed by atoms with Crippen LogP contribution in [0.2, 0.25) is 0 Å². The number of nitrogens with zero attached hydrogens (tertiary/aromatic N) is 1. The van der Waals surface area contributed by atoms with Crippen molar-refractivity contribution in [3.8, 4) is 0 Å². The van der Waals surface area contributed by atoms with Gasteiger partial charge in [-0.1, -0.05) is 30.3 Å². The minimum absolute atomic E-state index is 0.0466. The topological polar surface area (TPSA) is 86.7 Å². The smallest absolute Gasteiger partial charge is 0.352 e. The van der Waals surface area contributed by atoms with Crippen LogP contribution in [0.1, 0.15) is 25.3 Å². The van der Waals surface area contributed by atoms with Crippen LogP contribution in [-0.4, -0.2) is 45.0 Å². The fourth-order valence-electron chi connectivity index (χ4n) is 2.95. The highest BCUT2D eigenvalue weighted by Gasteiger charge is 2.53. The summed E-state index contributed by atoms with van der Waals surface area (Å²) in [6, 6.07) is 8.66. The number of carbonyl (C=O) groups is 3. The van der Waals surface area contributed by atoms with E-state index in [1.54, 1.807) is 13.8 Å². The molecule has 24 heavy (non-hydrogen) atoms. The van der Waals surface area contributed by atoms with E-state index in [2.05, 4.69) is 5.32 Å². The molecule has 0 unspecified atom stereocenters. The predicted molar refractivity (Wildman–Crippen MR) is 90.2 cm³/mol. The van der Waals surface area contributed by atoms with Crippen molar-refractivity contribution >= 4 is 29.5 Å². The maximum atomic E-state index is 12.4. The summed E-state index contributed by atoms with van der Waals surface area (Å²) in [5.74, 6) is -1.54. The van der Waals surface area contributed by atoms with Gasteiger partial charge in [-0.05, 0) is 25.0 Å². The minimum Gasteiger partial charge on any atom is -0.477 e. The lowest BCUT2D eigenvalue weighted by atomic mass is 9.98. The molecule has 0 spiro atoms. The van der Waals surface area contributed by atoms with Crippen molar-refractivity contribution in [1.82, 2.24) is 10.2 Å². The lowest BCUT2D eigenvalue weighted by Gasteiger charge is -2.49. The average Bonchev–Trinajstić information content (AvgIpc) is 2.59. The maximum absolute atomic E-state index is 12.4. The molecule has 3 rings (SSSR count). The van der Waals surface area contributed by atoms with E-state index < -0.39 is 12.0 Å². The normalized spacial score (nSPS) is 24.1. The third kappa shape index (κ3) is 2.69. The summed E-state index contributed by atoms with van der Waals surface area (Å²) in [7, 11) is 0. The molecule has 6 nitrogen and oxygen atoms in total. The Balaban J connectivity index is 1.71. The molecule has 0 aliphatic carbocycles. The Hall–Kier alpha value is -2.28. The lowest BCUT2D eigenvalue weighted by molar-refractivity contribution is -0.150. The number of nitrogens with one attached hydrogen (secondary N) is 1. The average molecular weight is 346 g/mol. The molecule has 3 atom stereocenters. The summed E-state index contributed by atoms with van der Waals surface area (Å²) in [6.45, 7) is 3.50. The SMILES string of the molecule is CC1=C(C(=O)O)N2C(=O)[C@@H](NC(=O)[C@H](C)c3ccccc3)[C@H]2SC1. The second kappa shape index (κ2) is 6.32. The third-order valence-corrected chi connectivity index (χ3v) is 5.78. The van der Waals surface area contributed by atoms with Crippen LogP contribution >= 0.6 is 11.8 Å². The molecule has 2 heterocycles. The van der Waals surface area contributed by atoms with Gasteiger partial charge in [-0.3, -0.25) is 14.5 Å². The number of carbonyl (C=O) groups excluding carboxylic acids is 2. The molecule has 1 fully saturated rings. The highest BCUT2D eigenvalue weighted by Crippen LogP contribution is 2.40. The van der Waals surface area contributed by atoms with Crippen molar-refractivity contribution in [2.75, 3.05) is 5.75 Å². The monoisotopic (exact) mass is 346 g/mol. The summed E-state index contributed by atoms with van der Waals surface area (Å²) >= 11 is 1.47. The van der Waals surface area contributed by atoms with Gasteiger partial charge in [0.15, 0.2) is 0 Å². The van der Waals surface area contributed by atoms with E-state index in [1.807, 2.05) is 30.3 Å². The number of aliphatic carboxylic acids is 1. The first kappa shape index (κ1) is 16.6. The van der Waals surface area contributed by atoms with E-state index in [9.17, 15) is 19.5 Å². The van der Waals surface area contributed by atoms with Crippen molar-refractivity contribution < 1.29 is 19.5 Å². The van der Waals surface area contributed by atoms with E-state index in [0.29, 0.717) is 11.3 Å². The summed E-state index contributed by atoms with van der Waals surface area (Å²) < 4.78 is 0. The van der Waals surface area contributed by atoms with Crippen LogP contribution in [0.25, 0.3) is 0 Å². The summed E-state index contributed by atoms with van der Waals surface area (Å²) in [5, 5.41) is 11.7. The summed E-state index contributed by atoms with van der Waals surface area (Å²) in [5.41, 5.74) is 1.58. The van der Waals surface area contributed by atoms with Crippen molar-refractivity contribution in [3.63, 3.8) is 0 Å². The van der Waals surface area contributed by atoms with Crippen molar-refractivity contribution in [2.45, 2.75) is 31.2 Å². The van der Waals surface area contributed by atoms with Crippen LogP contribution in [0, 0.1) is 0 Å². The first-order valence-electron chi connectivity index (χ1n) is 7.65. The number of benzene rings is 1. The first-order chi connectivity index (χ1) is 11.4. The standard InChI is InChI=1S/C17H18N2O4S/c1-9-8-24-16-12(15(21)19(16)13(9)17(22)23)18-14(20)10(2)11-6-4-3-5-7-11/h3-7,10,12,16H,8H2,1-2H3,(H,18,20)(H,22,23)/t10-,12-,16-/m1/s1. The van der Waals surface area contributed by atoms with Gasteiger partial charge in [-0.2, -0.15) is 0 Å². The van der Waals surface area contributed by atoms with Crippen LogP contribution in [0.15, 0.2) is 41.6 Å². The van der Waals surface area contributed by atoms with Gasteiger partial charge in [0.25, 0.3) is 5.91 Å². The molecule has 1 aromatic carbocycles. The van der Waals surface area contributed by atoms with E-state index in [0.717, 1.165) is 5.56 Å². The van der Waals surface area contributed by atoms with Crippen LogP contribution in [0.5, 0.6) is 0 Å². The summed E-state index contributed by atoms with van der Waals surface area (Å²) in [4.78, 5) is 37.4. The van der Waals surface area contributed by atoms with Crippen LogP contribution in [0.3, 0.4) is 0 Å². The largest absolute Gasteiger partial charge is 0.477 e. The van der Waals surface area contributed by atoms with Crippen molar-refractivity contribution in [2.24, 2.45) is 0 Å². The van der Waals surface area contributed by atoms with Gasteiger partial charge in [-0.25, -0.2) is 4.79 Å². The number of thioether (sulfide) groups is 1. The fraction of sp³-hybridized carbons (Fsp3) is 0.353. The molecule has 2 amide bonds. The van der Waals surface area contributed by atoms with Gasteiger partial charge in [-0.15, -0.1) is 11.8 Å². The first-order valence-corrected chi connectivity index (χ1v) is 8.69. The van der Waals surface area contributed by atoms with E-state index >= 15 is 0 Å². The second-order valence-electron chi connectivity index (χ2n) is 5.96. The van der Waals surface area contributed by atoms with Gasteiger partial charge in [0.1, 0.15) is 17.1 Å². The molecule has 0 bridgehead atoms. The molecule has 1 saturated heterocycles. The van der Waals surface area contributed by atoms with Gasteiger partial charge >= 0.3 is 5.97 Å². The van der Waals surface area contributed by atoms with Crippen LogP contribution in [0.4, 0.5) is 0 Å². The maximum Gasteiger partial charge on any atom is 0.352 e.